The van der Waals surface area contributed by atoms with Gasteiger partial charge in [0.25, 0.3) is 0 Å². The smallest absolute Gasteiger partial charge is 0.0343 e. The lowest BCUT2D eigenvalue weighted by molar-refractivity contribution is 0.0975. The van der Waals surface area contributed by atoms with Gasteiger partial charge in [-0.15, -0.1) is 0 Å². The molecule has 11 heavy (non-hydrogen) atoms. The van der Waals surface area contributed by atoms with E-state index in [0.717, 1.165) is 12.8 Å². The van der Waals surface area contributed by atoms with Crippen LogP contribution in [-0.2, 0) is 0 Å². The standard InChI is InChI=1S/C9H22N2/c1-5-8-9(6-2,7-3)11(4)10/h5-8,10H2,1-4H3. The summed E-state index contributed by atoms with van der Waals surface area (Å²) in [6.45, 7) is 6.63. The third kappa shape index (κ3) is 2.46. The molecule has 0 saturated carbocycles. The zero-order valence-corrected chi connectivity index (χ0v) is 8.35. The lowest BCUT2D eigenvalue weighted by Crippen LogP contribution is -2.49. The number of nitrogens with two attached hydrogens (primary N) is 1. The number of hydrogen-bond donors (Lipinski definition) is 1. The largest absolute Gasteiger partial charge is 0.269 e. The van der Waals surface area contributed by atoms with Crippen molar-refractivity contribution in [3.8, 4) is 0 Å². The van der Waals surface area contributed by atoms with E-state index in [-0.39, 0.29) is 5.54 Å². The predicted molar refractivity (Wildman–Crippen MR) is 50.2 cm³/mol. The second-order valence-corrected chi connectivity index (χ2v) is 3.29. The molecule has 0 amide bonds. The van der Waals surface area contributed by atoms with Crippen molar-refractivity contribution in [3.63, 3.8) is 0 Å². The van der Waals surface area contributed by atoms with Crippen molar-refractivity contribution >= 4 is 0 Å². The molecule has 2 nitrogen and oxygen atoms in total. The van der Waals surface area contributed by atoms with Gasteiger partial charge in [0.1, 0.15) is 0 Å². The minimum atomic E-state index is 0.245. The molecule has 0 heterocycles. The highest BCUT2D eigenvalue weighted by molar-refractivity contribution is 4.83. The molecule has 0 bridgehead atoms. The van der Waals surface area contributed by atoms with Gasteiger partial charge in [0.2, 0.25) is 0 Å². The molecule has 0 unspecified atom stereocenters. The van der Waals surface area contributed by atoms with E-state index in [9.17, 15) is 0 Å². The van der Waals surface area contributed by atoms with Crippen LogP contribution in [0.1, 0.15) is 46.5 Å². The molecule has 2 N–H and O–H groups in total. The summed E-state index contributed by atoms with van der Waals surface area (Å²) in [5.41, 5.74) is 0.245. The molecule has 0 aliphatic carbocycles. The summed E-state index contributed by atoms with van der Waals surface area (Å²) in [6, 6.07) is 0. The van der Waals surface area contributed by atoms with Crippen LogP contribution in [0.5, 0.6) is 0 Å². The molecule has 0 spiro atoms. The molecule has 0 aromatic heterocycles. The Hall–Kier alpha value is -0.0800. The van der Waals surface area contributed by atoms with Gasteiger partial charge in [-0.3, -0.25) is 5.84 Å². The van der Waals surface area contributed by atoms with Crippen molar-refractivity contribution in [1.82, 2.24) is 5.01 Å². The van der Waals surface area contributed by atoms with E-state index in [2.05, 4.69) is 20.8 Å². The summed E-state index contributed by atoms with van der Waals surface area (Å²) in [4.78, 5) is 0. The Balaban J connectivity index is 4.20. The van der Waals surface area contributed by atoms with E-state index in [1.54, 1.807) is 0 Å². The third-order valence-corrected chi connectivity index (χ3v) is 2.78. The highest BCUT2D eigenvalue weighted by Crippen LogP contribution is 2.25. The summed E-state index contributed by atoms with van der Waals surface area (Å²) in [5.74, 6) is 5.81. The number of hydrazine groups is 1. The van der Waals surface area contributed by atoms with Crippen LogP contribution in [0.3, 0.4) is 0 Å². The minimum Gasteiger partial charge on any atom is -0.269 e. The molecule has 0 aromatic carbocycles. The van der Waals surface area contributed by atoms with Crippen molar-refractivity contribution in [2.75, 3.05) is 7.05 Å². The van der Waals surface area contributed by atoms with Crippen LogP contribution in [0.15, 0.2) is 0 Å². The normalized spacial score (nSPS) is 12.5. The third-order valence-electron chi connectivity index (χ3n) is 2.78. The van der Waals surface area contributed by atoms with E-state index in [0.29, 0.717) is 0 Å². The zero-order valence-electron chi connectivity index (χ0n) is 8.35. The van der Waals surface area contributed by atoms with Crippen LogP contribution in [-0.4, -0.2) is 17.6 Å². The van der Waals surface area contributed by atoms with Crippen molar-refractivity contribution in [2.24, 2.45) is 5.84 Å². The Labute approximate surface area is 70.7 Å². The van der Waals surface area contributed by atoms with Crippen LogP contribution in [0.4, 0.5) is 0 Å². The average molecular weight is 158 g/mol. The molecule has 0 fully saturated rings. The Morgan fingerprint density at radius 3 is 1.73 bits per heavy atom. The molecule has 0 atom stereocenters. The Bertz CT molecular complexity index is 95.7. The Morgan fingerprint density at radius 2 is 1.64 bits per heavy atom. The Morgan fingerprint density at radius 1 is 1.18 bits per heavy atom. The van der Waals surface area contributed by atoms with Gasteiger partial charge in [0, 0.05) is 12.6 Å². The maximum absolute atomic E-state index is 5.81. The first-order chi connectivity index (χ1) is 5.13. The monoisotopic (exact) mass is 158 g/mol. The van der Waals surface area contributed by atoms with Crippen molar-refractivity contribution in [2.45, 2.75) is 52.0 Å². The number of rotatable bonds is 5. The SMILES string of the molecule is CCCC(CC)(CC)N(C)N. The zero-order chi connectivity index (χ0) is 8.91. The first kappa shape index (κ1) is 10.9. The van der Waals surface area contributed by atoms with Crippen molar-refractivity contribution in [3.05, 3.63) is 0 Å². The van der Waals surface area contributed by atoms with Gasteiger partial charge < -0.3 is 0 Å². The van der Waals surface area contributed by atoms with Crippen molar-refractivity contribution < 1.29 is 0 Å². The van der Waals surface area contributed by atoms with Crippen LogP contribution in [0.25, 0.3) is 0 Å². The van der Waals surface area contributed by atoms with E-state index < -0.39 is 0 Å². The molecule has 0 radical (unpaired) electrons. The fourth-order valence-corrected chi connectivity index (χ4v) is 1.74. The fourth-order valence-electron chi connectivity index (χ4n) is 1.74. The summed E-state index contributed by atoms with van der Waals surface area (Å²) < 4.78 is 0. The van der Waals surface area contributed by atoms with E-state index in [1.165, 1.54) is 12.8 Å². The van der Waals surface area contributed by atoms with E-state index >= 15 is 0 Å². The van der Waals surface area contributed by atoms with Crippen LogP contribution in [0.2, 0.25) is 0 Å². The summed E-state index contributed by atoms with van der Waals surface area (Å²) in [7, 11) is 1.97. The first-order valence-corrected chi connectivity index (χ1v) is 4.61. The molecule has 68 valence electrons. The highest BCUT2D eigenvalue weighted by Gasteiger charge is 2.27. The number of nitrogens with zero attached hydrogens (tertiary/aromatic N) is 1. The van der Waals surface area contributed by atoms with Gasteiger partial charge in [0.05, 0.1) is 0 Å². The predicted octanol–water partition coefficient (Wildman–Crippen LogP) is 2.15. The lowest BCUT2D eigenvalue weighted by Gasteiger charge is -2.37. The van der Waals surface area contributed by atoms with Gasteiger partial charge in [-0.2, -0.15) is 0 Å². The molecule has 0 aromatic rings. The van der Waals surface area contributed by atoms with Gasteiger partial charge in [0.15, 0.2) is 0 Å². The maximum atomic E-state index is 5.81. The molecular weight excluding hydrogens is 136 g/mol. The topological polar surface area (TPSA) is 29.3 Å². The second-order valence-electron chi connectivity index (χ2n) is 3.29. The van der Waals surface area contributed by atoms with Crippen LogP contribution in [0, 0.1) is 0 Å². The summed E-state index contributed by atoms with van der Waals surface area (Å²) in [5, 5.41) is 1.89. The van der Waals surface area contributed by atoms with Gasteiger partial charge >= 0.3 is 0 Å². The highest BCUT2D eigenvalue weighted by atomic mass is 15.4. The van der Waals surface area contributed by atoms with E-state index in [1.807, 2.05) is 12.1 Å². The van der Waals surface area contributed by atoms with Crippen LogP contribution >= 0.6 is 0 Å². The first-order valence-electron chi connectivity index (χ1n) is 4.61. The molecule has 0 saturated heterocycles. The van der Waals surface area contributed by atoms with Crippen LogP contribution < -0.4 is 5.84 Å². The summed E-state index contributed by atoms with van der Waals surface area (Å²) >= 11 is 0. The average Bonchev–Trinajstić information content (AvgIpc) is 2.00. The number of hydrogen-bond acceptors (Lipinski definition) is 2. The minimum absolute atomic E-state index is 0.245. The van der Waals surface area contributed by atoms with Gasteiger partial charge in [-0.05, 0) is 19.3 Å². The van der Waals surface area contributed by atoms with Crippen molar-refractivity contribution in [1.29, 1.82) is 0 Å². The molecule has 2 heteroatoms. The summed E-state index contributed by atoms with van der Waals surface area (Å²) in [6.07, 6.45) is 4.70. The molecule has 0 rings (SSSR count). The lowest BCUT2D eigenvalue weighted by atomic mass is 9.87. The fraction of sp³-hybridized carbons (Fsp3) is 1.00. The molecule has 0 aliphatic rings. The van der Waals surface area contributed by atoms with Gasteiger partial charge in [-0.25, -0.2) is 5.01 Å². The molecule has 0 aliphatic heterocycles. The van der Waals surface area contributed by atoms with E-state index in [4.69, 9.17) is 5.84 Å². The van der Waals surface area contributed by atoms with Gasteiger partial charge in [-0.1, -0.05) is 27.2 Å². The Kier molecular flexibility index (Phi) is 4.69. The molecular formula is C9H22N2. The maximum Gasteiger partial charge on any atom is 0.0343 e. The quantitative estimate of drug-likeness (QED) is 0.490. The second kappa shape index (κ2) is 4.73.